The maximum atomic E-state index is 12.9. The van der Waals surface area contributed by atoms with E-state index in [-0.39, 0.29) is 22.9 Å². The summed E-state index contributed by atoms with van der Waals surface area (Å²) in [7, 11) is 1.31. The number of carbonyl (C=O) groups is 2. The molecule has 0 aromatic carbocycles. The van der Waals surface area contributed by atoms with E-state index in [0.717, 1.165) is 22.1 Å². The average molecular weight is 511 g/mol. The van der Waals surface area contributed by atoms with Gasteiger partial charge in [-0.2, -0.15) is 13.2 Å². The number of nitrogens with two attached hydrogens (primary N) is 1. The van der Waals surface area contributed by atoms with Gasteiger partial charge in [-0.3, -0.25) is 28.5 Å². The van der Waals surface area contributed by atoms with Gasteiger partial charge in [0, 0.05) is 24.2 Å². The van der Waals surface area contributed by atoms with Crippen LogP contribution < -0.4 is 27.6 Å². The molecule has 0 fully saturated rings. The Morgan fingerprint density at radius 2 is 1.94 bits per heavy atom. The number of anilines is 3. The van der Waals surface area contributed by atoms with E-state index >= 15 is 0 Å². The van der Waals surface area contributed by atoms with Crippen LogP contribution in [0.3, 0.4) is 0 Å². The second-order valence-corrected chi connectivity index (χ2v) is 8.38. The van der Waals surface area contributed by atoms with Gasteiger partial charge in [0.1, 0.15) is 33.8 Å². The van der Waals surface area contributed by atoms with Crippen molar-refractivity contribution in [1.29, 1.82) is 0 Å². The van der Waals surface area contributed by atoms with E-state index in [2.05, 4.69) is 20.6 Å². The Bertz CT molecular complexity index is 1430. The van der Waals surface area contributed by atoms with E-state index in [1.807, 2.05) is 0 Å². The zero-order valence-corrected chi connectivity index (χ0v) is 19.5. The fourth-order valence-electron chi connectivity index (χ4n) is 3.12. The van der Waals surface area contributed by atoms with Crippen molar-refractivity contribution in [2.24, 2.45) is 7.05 Å². The van der Waals surface area contributed by atoms with Crippen molar-refractivity contribution < 1.29 is 22.8 Å². The molecule has 0 atom stereocenters. The second-order valence-electron chi connectivity index (χ2n) is 7.52. The van der Waals surface area contributed by atoms with Gasteiger partial charge in [0.15, 0.2) is 0 Å². The van der Waals surface area contributed by atoms with E-state index in [1.54, 1.807) is 0 Å². The first-order valence-electron chi connectivity index (χ1n) is 9.91. The zero-order valence-electron chi connectivity index (χ0n) is 18.7. The van der Waals surface area contributed by atoms with Crippen molar-refractivity contribution in [2.45, 2.75) is 26.6 Å². The van der Waals surface area contributed by atoms with Crippen molar-refractivity contribution in [1.82, 2.24) is 19.1 Å². The van der Waals surface area contributed by atoms with Crippen molar-refractivity contribution in [3.8, 4) is 10.6 Å². The lowest BCUT2D eigenvalue weighted by Crippen LogP contribution is -2.43. The molecule has 35 heavy (non-hydrogen) atoms. The van der Waals surface area contributed by atoms with Crippen LogP contribution in [0.1, 0.15) is 18.2 Å². The lowest BCUT2D eigenvalue weighted by Gasteiger charge is -2.14. The quantitative estimate of drug-likeness (QED) is 0.432. The summed E-state index contributed by atoms with van der Waals surface area (Å²) in [6, 6.07) is 1.30. The summed E-state index contributed by atoms with van der Waals surface area (Å²) >= 11 is 1.09. The van der Waals surface area contributed by atoms with Gasteiger partial charge in [-0.1, -0.05) is 0 Å². The highest BCUT2D eigenvalue weighted by Gasteiger charge is 2.34. The number of ketones is 1. The molecule has 0 aliphatic heterocycles. The third-order valence-corrected chi connectivity index (χ3v) is 5.66. The van der Waals surface area contributed by atoms with Crippen LogP contribution in [0, 0.1) is 6.92 Å². The third kappa shape index (κ3) is 5.56. The molecule has 4 N–H and O–H groups in total. The zero-order chi connectivity index (χ0) is 26.1. The van der Waals surface area contributed by atoms with Gasteiger partial charge in [-0.15, -0.1) is 11.3 Å². The number of thiazole rings is 1. The lowest BCUT2D eigenvalue weighted by molar-refractivity contribution is -0.141. The number of carbonyl (C=O) groups excluding carboxylic acids is 2. The topological polar surface area (TPSA) is 154 Å². The van der Waals surface area contributed by atoms with Crippen LogP contribution in [-0.2, 0) is 29.4 Å². The van der Waals surface area contributed by atoms with Crippen LogP contribution in [-0.4, -0.2) is 37.3 Å². The molecule has 0 aliphatic carbocycles. The summed E-state index contributed by atoms with van der Waals surface area (Å²) in [5.41, 5.74) is 3.26. The number of nitrogens with zero attached hydrogens (tertiary/aromatic N) is 4. The van der Waals surface area contributed by atoms with E-state index in [0.29, 0.717) is 15.1 Å². The molecule has 0 aliphatic rings. The van der Waals surface area contributed by atoms with Crippen molar-refractivity contribution in [3.05, 3.63) is 49.7 Å². The van der Waals surface area contributed by atoms with E-state index in [9.17, 15) is 32.3 Å². The molecule has 0 bridgehead atoms. The molecule has 0 radical (unpaired) electrons. The Hall–Kier alpha value is -4.01. The molecule has 0 unspecified atom stereocenters. The SMILES string of the molecule is CC(=O)Cn1c(=O)c(NCC(=O)Nc2csc(-c3cnc(C(F)(F)F)c(C)c3)n2)c(N)n(C)c1=O. The Morgan fingerprint density at radius 3 is 2.54 bits per heavy atom. The highest BCUT2D eigenvalue weighted by Crippen LogP contribution is 2.33. The molecule has 11 nitrogen and oxygen atoms in total. The summed E-state index contributed by atoms with van der Waals surface area (Å²) in [6.07, 6.45) is -3.52. The monoisotopic (exact) mass is 511 g/mol. The van der Waals surface area contributed by atoms with Crippen LogP contribution in [0.4, 0.5) is 30.5 Å². The molecular formula is C20H20F3N7O4S. The van der Waals surface area contributed by atoms with Gasteiger partial charge >= 0.3 is 11.9 Å². The minimum Gasteiger partial charge on any atom is -0.383 e. The summed E-state index contributed by atoms with van der Waals surface area (Å²) in [6.45, 7) is 1.63. The van der Waals surface area contributed by atoms with Crippen LogP contribution >= 0.6 is 11.3 Å². The molecule has 0 saturated carbocycles. The summed E-state index contributed by atoms with van der Waals surface area (Å²) in [4.78, 5) is 56.2. The molecular weight excluding hydrogens is 491 g/mol. The maximum Gasteiger partial charge on any atom is 0.433 e. The number of alkyl halides is 3. The van der Waals surface area contributed by atoms with Crippen molar-refractivity contribution in [2.75, 3.05) is 22.9 Å². The standard InChI is InChI=1S/C20H20F3N7O4S/c1-9-4-11(5-26-15(9)20(21,22)23)17-28-12(8-35-17)27-13(32)6-25-14-16(24)29(3)19(34)30(18(14)33)7-10(2)31/h4-5,8,25H,6-7,24H2,1-3H3,(H,27,32). The minimum absolute atomic E-state index is 0.0646. The number of aromatic nitrogens is 4. The Morgan fingerprint density at radius 1 is 1.26 bits per heavy atom. The number of amides is 1. The van der Waals surface area contributed by atoms with Crippen molar-refractivity contribution >= 4 is 40.4 Å². The highest BCUT2D eigenvalue weighted by molar-refractivity contribution is 7.13. The van der Waals surface area contributed by atoms with Crippen LogP contribution in [0.15, 0.2) is 27.2 Å². The number of nitrogen functional groups attached to an aromatic ring is 1. The summed E-state index contributed by atoms with van der Waals surface area (Å²) in [5, 5.41) is 6.88. The Kier molecular flexibility index (Phi) is 7.09. The van der Waals surface area contributed by atoms with Crippen molar-refractivity contribution in [3.63, 3.8) is 0 Å². The molecule has 3 heterocycles. The molecule has 15 heteroatoms. The summed E-state index contributed by atoms with van der Waals surface area (Å²) < 4.78 is 40.4. The Balaban J connectivity index is 1.73. The normalized spacial score (nSPS) is 11.4. The molecule has 1 amide bonds. The number of nitrogens with one attached hydrogen (secondary N) is 2. The van der Waals surface area contributed by atoms with Crippen LogP contribution in [0.2, 0.25) is 0 Å². The largest absolute Gasteiger partial charge is 0.433 e. The number of Topliss-reactive ketones (excluding diaryl/α,β-unsaturated/α-hetero) is 1. The lowest BCUT2D eigenvalue weighted by atomic mass is 10.1. The number of hydrogen-bond acceptors (Lipinski definition) is 9. The van der Waals surface area contributed by atoms with Gasteiger partial charge in [-0.05, 0) is 25.5 Å². The predicted octanol–water partition coefficient (Wildman–Crippen LogP) is 1.61. The number of rotatable bonds is 7. The van der Waals surface area contributed by atoms with Gasteiger partial charge in [0.2, 0.25) is 5.91 Å². The smallest absolute Gasteiger partial charge is 0.383 e. The molecule has 0 saturated heterocycles. The van der Waals surface area contributed by atoms with E-state index < -0.39 is 47.9 Å². The van der Waals surface area contributed by atoms with E-state index in [4.69, 9.17) is 5.73 Å². The highest BCUT2D eigenvalue weighted by atomic mass is 32.1. The number of pyridine rings is 1. The van der Waals surface area contributed by atoms with Gasteiger partial charge in [-0.25, -0.2) is 9.78 Å². The minimum atomic E-state index is -4.57. The first kappa shape index (κ1) is 25.6. The fourth-order valence-corrected chi connectivity index (χ4v) is 3.85. The second kappa shape index (κ2) is 9.69. The summed E-state index contributed by atoms with van der Waals surface area (Å²) in [5.74, 6) is -1.12. The van der Waals surface area contributed by atoms with Gasteiger partial charge in [0.05, 0.1) is 13.1 Å². The van der Waals surface area contributed by atoms with Gasteiger partial charge in [0.25, 0.3) is 5.56 Å². The number of halogens is 3. The molecule has 3 rings (SSSR count). The number of aryl methyl sites for hydroxylation is 1. The first-order valence-corrected chi connectivity index (χ1v) is 10.8. The Labute approximate surface area is 199 Å². The average Bonchev–Trinajstić information content (AvgIpc) is 3.22. The fraction of sp³-hybridized carbons (Fsp3) is 0.300. The molecule has 3 aromatic rings. The first-order chi connectivity index (χ1) is 16.3. The van der Waals surface area contributed by atoms with Crippen LogP contribution in [0.25, 0.3) is 10.6 Å². The van der Waals surface area contributed by atoms with Crippen LogP contribution in [0.5, 0.6) is 0 Å². The van der Waals surface area contributed by atoms with E-state index in [1.165, 1.54) is 32.3 Å². The molecule has 0 spiro atoms. The number of hydrogen-bond donors (Lipinski definition) is 3. The third-order valence-electron chi connectivity index (χ3n) is 4.77. The molecule has 186 valence electrons. The maximum absolute atomic E-state index is 12.9. The molecule has 3 aromatic heterocycles. The van der Waals surface area contributed by atoms with Gasteiger partial charge < -0.3 is 16.4 Å². The predicted molar refractivity (Wildman–Crippen MR) is 123 cm³/mol.